The average molecular weight is 416 g/mol. The van der Waals surface area contributed by atoms with Gasteiger partial charge in [-0.1, -0.05) is 13.0 Å². The van der Waals surface area contributed by atoms with Crippen molar-refractivity contribution in [3.63, 3.8) is 0 Å². The zero-order chi connectivity index (χ0) is 21.8. The van der Waals surface area contributed by atoms with Crippen LogP contribution in [0.5, 0.6) is 5.75 Å². The lowest BCUT2D eigenvalue weighted by Crippen LogP contribution is -2.50. The van der Waals surface area contributed by atoms with Crippen LogP contribution in [0.3, 0.4) is 0 Å². The van der Waals surface area contributed by atoms with Gasteiger partial charge in [-0.25, -0.2) is 4.99 Å². The van der Waals surface area contributed by atoms with Crippen LogP contribution in [0.1, 0.15) is 56.7 Å². The van der Waals surface area contributed by atoms with Crippen molar-refractivity contribution in [1.82, 2.24) is 0 Å². The Kier molecular flexibility index (Phi) is 4.67. The lowest BCUT2D eigenvalue weighted by Gasteiger charge is -2.43. The van der Waals surface area contributed by atoms with Gasteiger partial charge in [0.15, 0.2) is 0 Å². The first kappa shape index (κ1) is 20.4. The summed E-state index contributed by atoms with van der Waals surface area (Å²) in [5.41, 5.74) is 1.41. The topological polar surface area (TPSA) is 41.9 Å². The third-order valence-electron chi connectivity index (χ3n) is 5.66. The molecule has 0 unspecified atom stereocenters. The smallest absolute Gasteiger partial charge is 0.416 e. The van der Waals surface area contributed by atoms with Crippen LogP contribution in [0.25, 0.3) is 0 Å². The van der Waals surface area contributed by atoms with Crippen molar-refractivity contribution in [1.29, 1.82) is 0 Å². The van der Waals surface area contributed by atoms with Gasteiger partial charge in [0.05, 0.1) is 23.5 Å². The lowest BCUT2D eigenvalue weighted by atomic mass is 9.80. The number of hydrogen-bond acceptors (Lipinski definition) is 3. The molecule has 1 atom stereocenters. The number of nitrogens with zero attached hydrogens (tertiary/aromatic N) is 2. The van der Waals surface area contributed by atoms with Gasteiger partial charge in [0.25, 0.3) is 5.91 Å². The number of benzene rings is 2. The molecule has 0 aromatic heterocycles. The number of hydrogen-bond donors (Lipinski definition) is 0. The maximum atomic E-state index is 13.4. The van der Waals surface area contributed by atoms with E-state index in [1.165, 1.54) is 12.1 Å². The Morgan fingerprint density at radius 2 is 1.97 bits per heavy atom. The molecule has 2 aromatic carbocycles. The first-order valence-corrected chi connectivity index (χ1v) is 9.94. The van der Waals surface area contributed by atoms with Gasteiger partial charge in [-0.2, -0.15) is 13.2 Å². The zero-order valence-corrected chi connectivity index (χ0v) is 17.3. The normalized spacial score (nSPS) is 21.2. The molecule has 0 bridgehead atoms. The van der Waals surface area contributed by atoms with Gasteiger partial charge in [-0.3, -0.25) is 4.79 Å². The number of ether oxygens (including phenoxy) is 1. The maximum Gasteiger partial charge on any atom is 0.416 e. The summed E-state index contributed by atoms with van der Waals surface area (Å²) in [5, 5.41) is 0. The van der Waals surface area contributed by atoms with Gasteiger partial charge in [-0.15, -0.1) is 0 Å². The van der Waals surface area contributed by atoms with Crippen molar-refractivity contribution in [2.45, 2.75) is 51.7 Å². The van der Waals surface area contributed by atoms with Gasteiger partial charge in [-0.05, 0) is 69.0 Å². The fourth-order valence-electron chi connectivity index (χ4n) is 4.52. The van der Waals surface area contributed by atoms with E-state index in [1.807, 2.05) is 26.8 Å². The molecule has 0 saturated heterocycles. The van der Waals surface area contributed by atoms with E-state index in [1.54, 1.807) is 11.0 Å². The maximum absolute atomic E-state index is 13.4. The minimum Gasteiger partial charge on any atom is -0.494 e. The van der Waals surface area contributed by atoms with E-state index in [9.17, 15) is 18.0 Å². The van der Waals surface area contributed by atoms with Crippen molar-refractivity contribution in [2.75, 3.05) is 11.5 Å². The third kappa shape index (κ3) is 3.26. The highest BCUT2D eigenvalue weighted by molar-refractivity contribution is 6.55. The molecule has 1 amide bonds. The molecule has 2 heterocycles. The Bertz CT molecular complexity index is 1060. The Morgan fingerprint density at radius 3 is 2.63 bits per heavy atom. The van der Waals surface area contributed by atoms with E-state index in [0.717, 1.165) is 29.8 Å². The van der Waals surface area contributed by atoms with Gasteiger partial charge in [0.1, 0.15) is 11.5 Å². The highest BCUT2D eigenvalue weighted by atomic mass is 19.4. The van der Waals surface area contributed by atoms with Crippen LogP contribution in [0, 0.1) is 0 Å². The second-order valence-electron chi connectivity index (χ2n) is 8.41. The van der Waals surface area contributed by atoms with E-state index in [2.05, 4.69) is 11.9 Å². The number of rotatable bonds is 3. The number of amides is 1. The summed E-state index contributed by atoms with van der Waals surface area (Å²) in [7, 11) is 0. The summed E-state index contributed by atoms with van der Waals surface area (Å²) < 4.78 is 45.0. The lowest BCUT2D eigenvalue weighted by molar-refractivity contribution is -0.137. The van der Waals surface area contributed by atoms with Crippen molar-refractivity contribution in [2.24, 2.45) is 4.99 Å². The van der Waals surface area contributed by atoms with Crippen LogP contribution in [-0.2, 0) is 11.0 Å². The van der Waals surface area contributed by atoms with Crippen LogP contribution >= 0.6 is 0 Å². The number of aliphatic imine (C=N–C) groups is 1. The van der Waals surface area contributed by atoms with E-state index in [4.69, 9.17) is 4.74 Å². The fraction of sp³-hybridized carbons (Fsp3) is 0.391. The molecule has 0 aliphatic carbocycles. The Labute approximate surface area is 173 Å². The molecule has 0 N–H and O–H groups in total. The minimum atomic E-state index is -4.48. The first-order chi connectivity index (χ1) is 14.0. The molecular weight excluding hydrogens is 393 g/mol. The van der Waals surface area contributed by atoms with Gasteiger partial charge >= 0.3 is 6.18 Å². The molecule has 0 fully saturated rings. The number of halogens is 3. The van der Waals surface area contributed by atoms with Crippen molar-refractivity contribution in [3.05, 3.63) is 53.1 Å². The zero-order valence-electron chi connectivity index (χ0n) is 17.3. The number of carbonyl (C=O) groups is 1. The van der Waals surface area contributed by atoms with Crippen LogP contribution in [0.2, 0.25) is 0 Å². The SMILES string of the molecule is CCOc1cc2c3c(c1)[C@@H](C)CC(C)(C)N3C(=O)C2=Nc1cccc(C(F)(F)F)c1. The molecule has 158 valence electrons. The molecule has 2 aliphatic rings. The average Bonchev–Trinajstić information content (AvgIpc) is 2.92. The van der Waals surface area contributed by atoms with E-state index >= 15 is 0 Å². The largest absolute Gasteiger partial charge is 0.494 e. The molecular formula is C23H23F3N2O2. The predicted molar refractivity (Wildman–Crippen MR) is 110 cm³/mol. The van der Waals surface area contributed by atoms with Gasteiger partial charge in [0.2, 0.25) is 0 Å². The summed E-state index contributed by atoms with van der Waals surface area (Å²) in [6.07, 6.45) is -3.72. The van der Waals surface area contributed by atoms with E-state index in [-0.39, 0.29) is 23.2 Å². The van der Waals surface area contributed by atoms with Crippen LogP contribution in [0.15, 0.2) is 41.4 Å². The van der Waals surface area contributed by atoms with Gasteiger partial charge in [0, 0.05) is 11.1 Å². The van der Waals surface area contributed by atoms with Crippen LogP contribution in [-0.4, -0.2) is 23.8 Å². The first-order valence-electron chi connectivity index (χ1n) is 9.94. The summed E-state index contributed by atoms with van der Waals surface area (Å²) in [5.74, 6) is 0.532. The number of alkyl halides is 3. The second-order valence-corrected chi connectivity index (χ2v) is 8.41. The molecule has 4 nitrogen and oxygen atoms in total. The summed E-state index contributed by atoms with van der Waals surface area (Å²) >= 11 is 0. The van der Waals surface area contributed by atoms with Crippen LogP contribution < -0.4 is 9.64 Å². The molecule has 0 radical (unpaired) electrons. The molecule has 0 saturated carbocycles. The number of anilines is 1. The van der Waals surface area contributed by atoms with E-state index in [0.29, 0.717) is 17.9 Å². The molecule has 7 heteroatoms. The Morgan fingerprint density at radius 1 is 1.23 bits per heavy atom. The van der Waals surface area contributed by atoms with Crippen molar-refractivity contribution in [3.8, 4) is 5.75 Å². The minimum absolute atomic E-state index is 0.0921. The molecule has 4 rings (SSSR count). The van der Waals surface area contributed by atoms with E-state index < -0.39 is 17.3 Å². The van der Waals surface area contributed by atoms with Crippen molar-refractivity contribution < 1.29 is 22.7 Å². The summed E-state index contributed by atoms with van der Waals surface area (Å²) in [6, 6.07) is 8.44. The molecule has 0 spiro atoms. The summed E-state index contributed by atoms with van der Waals surface area (Å²) in [6.45, 7) is 8.45. The highest BCUT2D eigenvalue weighted by Gasteiger charge is 2.48. The molecule has 30 heavy (non-hydrogen) atoms. The third-order valence-corrected chi connectivity index (χ3v) is 5.66. The Balaban J connectivity index is 1.92. The fourth-order valence-corrected chi connectivity index (χ4v) is 4.52. The Hall–Kier alpha value is -2.83. The second kappa shape index (κ2) is 6.86. The monoisotopic (exact) mass is 416 g/mol. The molecule has 2 aromatic rings. The van der Waals surface area contributed by atoms with Crippen LogP contribution in [0.4, 0.5) is 24.5 Å². The highest BCUT2D eigenvalue weighted by Crippen LogP contribution is 2.50. The van der Waals surface area contributed by atoms with Gasteiger partial charge < -0.3 is 9.64 Å². The summed E-state index contributed by atoms with van der Waals surface area (Å²) in [4.78, 5) is 19.5. The van der Waals surface area contributed by atoms with Crippen molar-refractivity contribution >= 4 is 23.0 Å². The predicted octanol–water partition coefficient (Wildman–Crippen LogP) is 5.86. The molecule has 2 aliphatic heterocycles. The number of carbonyl (C=O) groups excluding carboxylic acids is 1. The quantitative estimate of drug-likeness (QED) is 0.629. The standard InChI is InChI=1S/C23H23F3N2O2/c1-5-30-16-10-17-13(2)12-22(3,4)28-20(17)18(11-16)19(21(28)29)27-15-8-6-7-14(9-15)23(24,25)26/h6-11,13H,5,12H2,1-4H3/t13-/m0/s1.